The van der Waals surface area contributed by atoms with Crippen LogP contribution in [0.15, 0.2) is 72.4 Å². The molecule has 6 heteroatoms. The monoisotopic (exact) mass is 432 g/mol. The van der Waals surface area contributed by atoms with Crippen LogP contribution in [0.3, 0.4) is 0 Å². The van der Waals surface area contributed by atoms with Crippen LogP contribution < -0.4 is 0 Å². The molecule has 2 aromatic carbocycles. The number of hydrogen-bond acceptors (Lipinski definition) is 4. The van der Waals surface area contributed by atoms with Gasteiger partial charge in [0.15, 0.2) is 0 Å². The van der Waals surface area contributed by atoms with E-state index in [1.807, 2.05) is 32.0 Å². The SMILES string of the molecule is Cc1ccc(/C(O)=C2/C(=O)C(=O)N(Cc3ccccn3)C2c2ccc(Cl)cc2)cc1C. The zero-order valence-electron chi connectivity index (χ0n) is 17.2. The van der Waals surface area contributed by atoms with Crippen molar-refractivity contribution in [2.24, 2.45) is 0 Å². The Kier molecular flexibility index (Phi) is 5.61. The number of aliphatic hydroxyl groups is 1. The molecule has 0 aliphatic carbocycles. The quantitative estimate of drug-likeness (QED) is 0.359. The number of carbonyl (C=O) groups excluding carboxylic acids is 2. The van der Waals surface area contributed by atoms with E-state index in [4.69, 9.17) is 11.6 Å². The number of likely N-dealkylation sites (tertiary alicyclic amines) is 1. The summed E-state index contributed by atoms with van der Waals surface area (Å²) in [5, 5.41) is 11.7. The van der Waals surface area contributed by atoms with Crippen molar-refractivity contribution >= 4 is 29.1 Å². The molecule has 3 aromatic rings. The van der Waals surface area contributed by atoms with Crippen molar-refractivity contribution in [2.75, 3.05) is 0 Å². The smallest absolute Gasteiger partial charge is 0.296 e. The number of hydrogen-bond donors (Lipinski definition) is 1. The molecule has 1 fully saturated rings. The molecule has 0 spiro atoms. The largest absolute Gasteiger partial charge is 0.507 e. The lowest BCUT2D eigenvalue weighted by Crippen LogP contribution is -2.29. The van der Waals surface area contributed by atoms with Gasteiger partial charge in [0.05, 0.1) is 23.9 Å². The van der Waals surface area contributed by atoms with Gasteiger partial charge in [0.1, 0.15) is 5.76 Å². The van der Waals surface area contributed by atoms with Gasteiger partial charge in [0, 0.05) is 16.8 Å². The molecular weight excluding hydrogens is 412 g/mol. The summed E-state index contributed by atoms with van der Waals surface area (Å²) in [4.78, 5) is 31.8. The van der Waals surface area contributed by atoms with Crippen LogP contribution in [-0.4, -0.2) is 26.7 Å². The molecule has 0 radical (unpaired) electrons. The molecule has 0 saturated carbocycles. The fourth-order valence-corrected chi connectivity index (χ4v) is 3.87. The van der Waals surface area contributed by atoms with Gasteiger partial charge in [-0.1, -0.05) is 41.9 Å². The second-order valence-electron chi connectivity index (χ2n) is 7.60. The summed E-state index contributed by atoms with van der Waals surface area (Å²) in [7, 11) is 0. The number of Topliss-reactive ketones (excluding diaryl/α,β-unsaturated/α-hetero) is 1. The van der Waals surface area contributed by atoms with Crippen LogP contribution in [0.25, 0.3) is 5.76 Å². The third-order valence-corrected chi connectivity index (χ3v) is 5.82. The van der Waals surface area contributed by atoms with Crippen LogP contribution in [0.1, 0.15) is 34.0 Å². The van der Waals surface area contributed by atoms with Gasteiger partial charge in [0.25, 0.3) is 11.7 Å². The van der Waals surface area contributed by atoms with Crippen LogP contribution in [0.4, 0.5) is 0 Å². The number of benzene rings is 2. The molecular formula is C25H21ClN2O3. The van der Waals surface area contributed by atoms with Gasteiger partial charge >= 0.3 is 0 Å². The number of halogens is 1. The lowest BCUT2D eigenvalue weighted by Gasteiger charge is -2.25. The summed E-state index contributed by atoms with van der Waals surface area (Å²) in [6.45, 7) is 4.05. The van der Waals surface area contributed by atoms with E-state index in [9.17, 15) is 14.7 Å². The highest BCUT2D eigenvalue weighted by molar-refractivity contribution is 6.46. The average Bonchev–Trinajstić information content (AvgIpc) is 3.01. The predicted octanol–water partition coefficient (Wildman–Crippen LogP) is 4.97. The number of pyridine rings is 1. The number of aromatic nitrogens is 1. The summed E-state index contributed by atoms with van der Waals surface area (Å²) < 4.78 is 0. The Balaban J connectivity index is 1.87. The van der Waals surface area contributed by atoms with E-state index >= 15 is 0 Å². The summed E-state index contributed by atoms with van der Waals surface area (Å²) in [6, 6.07) is 17.0. The molecule has 1 aliphatic heterocycles. The second-order valence-corrected chi connectivity index (χ2v) is 8.04. The van der Waals surface area contributed by atoms with Gasteiger partial charge < -0.3 is 10.0 Å². The van der Waals surface area contributed by atoms with E-state index < -0.39 is 17.7 Å². The number of aryl methyl sites for hydroxylation is 2. The lowest BCUT2D eigenvalue weighted by atomic mass is 9.94. The Morgan fingerprint density at radius 1 is 1.03 bits per heavy atom. The highest BCUT2D eigenvalue weighted by atomic mass is 35.5. The number of carbonyl (C=O) groups is 2. The number of nitrogens with zero attached hydrogens (tertiary/aromatic N) is 2. The molecule has 31 heavy (non-hydrogen) atoms. The maximum absolute atomic E-state index is 13.1. The summed E-state index contributed by atoms with van der Waals surface area (Å²) in [5.74, 6) is -1.58. The fraction of sp³-hybridized carbons (Fsp3) is 0.160. The van der Waals surface area contributed by atoms with Crippen LogP contribution in [0.5, 0.6) is 0 Å². The summed E-state index contributed by atoms with van der Waals surface area (Å²) in [5.41, 5.74) is 3.94. The van der Waals surface area contributed by atoms with E-state index in [-0.39, 0.29) is 17.9 Å². The summed E-state index contributed by atoms with van der Waals surface area (Å²) in [6.07, 6.45) is 1.64. The number of ketones is 1. The Morgan fingerprint density at radius 2 is 1.77 bits per heavy atom. The first-order valence-electron chi connectivity index (χ1n) is 9.88. The van der Waals surface area contributed by atoms with E-state index in [1.54, 1.807) is 48.7 Å². The zero-order chi connectivity index (χ0) is 22.1. The van der Waals surface area contributed by atoms with Crippen molar-refractivity contribution in [3.8, 4) is 0 Å². The molecule has 5 nitrogen and oxygen atoms in total. The first kappa shape index (κ1) is 20.8. The van der Waals surface area contributed by atoms with Crippen molar-refractivity contribution in [1.29, 1.82) is 0 Å². The topological polar surface area (TPSA) is 70.5 Å². The summed E-state index contributed by atoms with van der Waals surface area (Å²) >= 11 is 6.05. The maximum Gasteiger partial charge on any atom is 0.296 e. The minimum absolute atomic E-state index is 0.0616. The molecule has 1 atom stereocenters. The van der Waals surface area contributed by atoms with Crippen LogP contribution >= 0.6 is 11.6 Å². The Hall–Kier alpha value is -3.44. The fourth-order valence-electron chi connectivity index (χ4n) is 3.75. The third kappa shape index (κ3) is 3.97. The standard InChI is InChI=1S/C25H21ClN2O3/c1-15-6-7-18(13-16(15)2)23(29)21-22(17-8-10-19(26)11-9-17)28(25(31)24(21)30)14-20-5-3-4-12-27-20/h3-13,22,29H,14H2,1-2H3/b23-21-. The molecule has 2 heterocycles. The minimum atomic E-state index is -0.749. The lowest BCUT2D eigenvalue weighted by molar-refractivity contribution is -0.140. The average molecular weight is 433 g/mol. The van der Waals surface area contributed by atoms with Gasteiger partial charge in [-0.15, -0.1) is 0 Å². The highest BCUT2D eigenvalue weighted by Crippen LogP contribution is 2.40. The predicted molar refractivity (Wildman–Crippen MR) is 119 cm³/mol. The van der Waals surface area contributed by atoms with Crippen molar-refractivity contribution in [3.63, 3.8) is 0 Å². The van der Waals surface area contributed by atoms with Gasteiger partial charge in [-0.25, -0.2) is 0 Å². The van der Waals surface area contributed by atoms with Crippen molar-refractivity contribution in [2.45, 2.75) is 26.4 Å². The molecule has 1 amide bonds. The first-order chi connectivity index (χ1) is 14.9. The number of aliphatic hydroxyl groups excluding tert-OH is 1. The Labute approximate surface area is 185 Å². The molecule has 156 valence electrons. The molecule has 1 saturated heterocycles. The van der Waals surface area contributed by atoms with Crippen molar-refractivity contribution < 1.29 is 14.7 Å². The van der Waals surface area contributed by atoms with Crippen molar-refractivity contribution in [3.05, 3.63) is 105 Å². The van der Waals surface area contributed by atoms with Gasteiger partial charge in [-0.3, -0.25) is 14.6 Å². The third-order valence-electron chi connectivity index (χ3n) is 5.56. The number of rotatable bonds is 4. The van der Waals surface area contributed by atoms with E-state index in [0.717, 1.165) is 11.1 Å². The van der Waals surface area contributed by atoms with Crippen LogP contribution in [-0.2, 0) is 16.1 Å². The van der Waals surface area contributed by atoms with E-state index in [1.165, 1.54) is 4.90 Å². The molecule has 1 unspecified atom stereocenters. The maximum atomic E-state index is 13.1. The molecule has 1 aromatic heterocycles. The molecule has 4 rings (SSSR count). The van der Waals surface area contributed by atoms with Crippen LogP contribution in [0, 0.1) is 13.8 Å². The van der Waals surface area contributed by atoms with Gasteiger partial charge in [-0.2, -0.15) is 0 Å². The molecule has 0 bridgehead atoms. The Morgan fingerprint density at radius 3 is 2.42 bits per heavy atom. The van der Waals surface area contributed by atoms with Gasteiger partial charge in [-0.05, 0) is 60.9 Å². The number of amides is 1. The second kappa shape index (κ2) is 8.36. The Bertz CT molecular complexity index is 1190. The van der Waals surface area contributed by atoms with Gasteiger partial charge in [0.2, 0.25) is 0 Å². The highest BCUT2D eigenvalue weighted by Gasteiger charge is 2.46. The van der Waals surface area contributed by atoms with E-state index in [2.05, 4.69) is 4.98 Å². The van der Waals surface area contributed by atoms with E-state index in [0.29, 0.717) is 21.8 Å². The first-order valence-corrected chi connectivity index (χ1v) is 10.3. The normalized spacial score (nSPS) is 17.9. The molecule has 1 aliphatic rings. The van der Waals surface area contributed by atoms with Crippen molar-refractivity contribution in [1.82, 2.24) is 9.88 Å². The van der Waals surface area contributed by atoms with Crippen LogP contribution in [0.2, 0.25) is 5.02 Å². The minimum Gasteiger partial charge on any atom is -0.507 e. The zero-order valence-corrected chi connectivity index (χ0v) is 17.9. The molecule has 1 N–H and O–H groups in total.